The maximum absolute atomic E-state index is 13.6. The van der Waals surface area contributed by atoms with Crippen LogP contribution < -0.4 is 10.1 Å². The van der Waals surface area contributed by atoms with E-state index in [9.17, 15) is 9.18 Å². The van der Waals surface area contributed by atoms with Crippen LogP contribution in [0, 0.1) is 12.7 Å². The van der Waals surface area contributed by atoms with Crippen LogP contribution in [0.4, 0.5) is 10.2 Å². The number of benzene rings is 1. The van der Waals surface area contributed by atoms with Gasteiger partial charge in [0.05, 0.1) is 10.6 Å². The molecule has 2 aromatic heterocycles. The number of aromatic nitrogens is 2. The number of nitrogens with zero attached hydrogens (tertiary/aromatic N) is 2. The number of ether oxygens (including phenoxy) is 1. The molecule has 3 aromatic rings. The molecule has 0 atom stereocenters. The zero-order valence-corrected chi connectivity index (χ0v) is 13.9. The molecule has 0 radical (unpaired) electrons. The van der Waals surface area contributed by atoms with Crippen molar-refractivity contribution in [2.75, 3.05) is 5.32 Å². The first kappa shape index (κ1) is 16.9. The van der Waals surface area contributed by atoms with Gasteiger partial charge in [-0.15, -0.1) is 0 Å². The molecule has 0 fully saturated rings. The van der Waals surface area contributed by atoms with Gasteiger partial charge in [0.15, 0.2) is 17.3 Å². The van der Waals surface area contributed by atoms with Crippen LogP contribution in [0.3, 0.4) is 0 Å². The molecule has 0 spiro atoms. The third kappa shape index (κ3) is 3.95. The Morgan fingerprint density at radius 2 is 2.12 bits per heavy atom. The van der Waals surface area contributed by atoms with Crippen molar-refractivity contribution in [3.05, 3.63) is 70.5 Å². The molecular formula is C17H13ClFN3O3. The molecule has 0 aliphatic heterocycles. The fourth-order valence-corrected chi connectivity index (χ4v) is 2.19. The number of para-hydroxylation sites is 1. The summed E-state index contributed by atoms with van der Waals surface area (Å²) in [6.45, 7) is 1.58. The van der Waals surface area contributed by atoms with Gasteiger partial charge < -0.3 is 14.6 Å². The first-order valence-electron chi connectivity index (χ1n) is 7.30. The van der Waals surface area contributed by atoms with E-state index >= 15 is 0 Å². The topological polar surface area (TPSA) is 77.3 Å². The van der Waals surface area contributed by atoms with Gasteiger partial charge in [-0.05, 0) is 31.2 Å². The number of nitrogens with one attached hydrogen (secondary N) is 1. The number of carbonyl (C=O) groups is 1. The van der Waals surface area contributed by atoms with E-state index in [2.05, 4.69) is 15.5 Å². The predicted octanol–water partition coefficient (Wildman–Crippen LogP) is 4.00. The summed E-state index contributed by atoms with van der Waals surface area (Å²) < 4.78 is 24.1. The van der Waals surface area contributed by atoms with Crippen molar-refractivity contribution in [2.24, 2.45) is 0 Å². The minimum atomic E-state index is -0.515. The lowest BCUT2D eigenvalue weighted by Gasteiger charge is -2.07. The molecule has 0 saturated heterocycles. The Balaban J connectivity index is 1.75. The van der Waals surface area contributed by atoms with Gasteiger partial charge in [-0.3, -0.25) is 4.79 Å². The van der Waals surface area contributed by atoms with E-state index < -0.39 is 11.7 Å². The molecular weight excluding hydrogens is 349 g/mol. The van der Waals surface area contributed by atoms with Crippen molar-refractivity contribution >= 4 is 23.3 Å². The fraction of sp³-hybridized carbons (Fsp3) is 0.118. The summed E-state index contributed by atoms with van der Waals surface area (Å²) in [5.41, 5.74) is 0.473. The first-order valence-corrected chi connectivity index (χ1v) is 7.68. The van der Waals surface area contributed by atoms with Gasteiger partial charge >= 0.3 is 0 Å². The van der Waals surface area contributed by atoms with Crippen LogP contribution in [0.5, 0.6) is 5.75 Å². The van der Waals surface area contributed by atoms with E-state index in [1.54, 1.807) is 31.2 Å². The van der Waals surface area contributed by atoms with Crippen LogP contribution in [-0.4, -0.2) is 16.0 Å². The summed E-state index contributed by atoms with van der Waals surface area (Å²) >= 11 is 5.76. The number of anilines is 1. The Morgan fingerprint density at radius 3 is 2.84 bits per heavy atom. The molecule has 1 amide bonds. The highest BCUT2D eigenvalue weighted by molar-refractivity contribution is 6.30. The van der Waals surface area contributed by atoms with Crippen molar-refractivity contribution in [3.8, 4) is 5.75 Å². The third-order valence-corrected chi connectivity index (χ3v) is 3.60. The van der Waals surface area contributed by atoms with E-state index in [0.717, 1.165) is 0 Å². The lowest BCUT2D eigenvalue weighted by molar-refractivity contribution is 0.101. The molecule has 0 saturated carbocycles. The summed E-state index contributed by atoms with van der Waals surface area (Å²) in [6.07, 6.45) is 1.41. The highest BCUT2D eigenvalue weighted by Crippen LogP contribution is 2.21. The molecule has 3 rings (SSSR count). The maximum atomic E-state index is 13.6. The van der Waals surface area contributed by atoms with Gasteiger partial charge in [0, 0.05) is 6.20 Å². The van der Waals surface area contributed by atoms with Crippen LogP contribution in [0.15, 0.2) is 47.1 Å². The molecule has 1 aromatic carbocycles. The van der Waals surface area contributed by atoms with E-state index in [4.69, 9.17) is 20.9 Å². The van der Waals surface area contributed by atoms with Crippen LogP contribution in [0.25, 0.3) is 0 Å². The molecule has 1 N–H and O–H groups in total. The summed E-state index contributed by atoms with van der Waals surface area (Å²) in [7, 11) is 0. The zero-order valence-electron chi connectivity index (χ0n) is 13.1. The molecule has 0 bridgehead atoms. The number of aryl methyl sites for hydroxylation is 1. The summed E-state index contributed by atoms with van der Waals surface area (Å²) in [4.78, 5) is 16.4. The van der Waals surface area contributed by atoms with Gasteiger partial charge in [-0.2, -0.15) is 0 Å². The van der Waals surface area contributed by atoms with Gasteiger partial charge in [-0.25, -0.2) is 9.37 Å². The Kier molecular flexibility index (Phi) is 4.95. The molecule has 0 unspecified atom stereocenters. The fourth-order valence-electron chi connectivity index (χ4n) is 2.08. The Morgan fingerprint density at radius 1 is 1.32 bits per heavy atom. The minimum absolute atomic E-state index is 0.0468. The zero-order chi connectivity index (χ0) is 17.8. The van der Waals surface area contributed by atoms with Gasteiger partial charge in [0.2, 0.25) is 0 Å². The monoisotopic (exact) mass is 361 g/mol. The summed E-state index contributed by atoms with van der Waals surface area (Å²) in [6, 6.07) is 9.15. The quantitative estimate of drug-likeness (QED) is 0.743. The number of halogens is 2. The second-order valence-electron chi connectivity index (χ2n) is 5.10. The number of rotatable bonds is 5. The van der Waals surface area contributed by atoms with Gasteiger partial charge in [0.25, 0.3) is 5.91 Å². The van der Waals surface area contributed by atoms with Crippen LogP contribution in [-0.2, 0) is 6.61 Å². The van der Waals surface area contributed by atoms with Crippen molar-refractivity contribution in [3.63, 3.8) is 0 Å². The van der Waals surface area contributed by atoms with E-state index in [1.165, 1.54) is 18.3 Å². The molecule has 6 nitrogen and oxygen atoms in total. The normalized spacial score (nSPS) is 10.5. The van der Waals surface area contributed by atoms with Crippen molar-refractivity contribution in [1.29, 1.82) is 0 Å². The molecule has 8 heteroatoms. The number of hydrogen-bond acceptors (Lipinski definition) is 5. The largest absolute Gasteiger partial charge is 0.486 e. The SMILES string of the molecule is Cc1onc(C(=O)Nc2ccc(Cl)cn2)c1COc1ccccc1F. The van der Waals surface area contributed by atoms with Crippen molar-refractivity contribution in [1.82, 2.24) is 10.1 Å². The molecule has 2 heterocycles. The smallest absolute Gasteiger partial charge is 0.279 e. The van der Waals surface area contributed by atoms with E-state index in [1.807, 2.05) is 0 Å². The lowest BCUT2D eigenvalue weighted by Crippen LogP contribution is -2.16. The Bertz CT molecular complexity index is 896. The Hall–Kier alpha value is -2.93. The van der Waals surface area contributed by atoms with Gasteiger partial charge in [-0.1, -0.05) is 28.9 Å². The van der Waals surface area contributed by atoms with Crippen LogP contribution in [0.2, 0.25) is 5.02 Å². The third-order valence-electron chi connectivity index (χ3n) is 3.38. The number of pyridine rings is 1. The summed E-state index contributed by atoms with van der Waals surface area (Å²) in [5, 5.41) is 6.79. The molecule has 128 valence electrons. The first-order chi connectivity index (χ1) is 12.0. The Labute approximate surface area is 147 Å². The highest BCUT2D eigenvalue weighted by Gasteiger charge is 2.21. The average Bonchev–Trinajstić information content (AvgIpc) is 2.97. The molecule has 25 heavy (non-hydrogen) atoms. The van der Waals surface area contributed by atoms with Crippen molar-refractivity contribution in [2.45, 2.75) is 13.5 Å². The van der Waals surface area contributed by atoms with E-state index in [0.29, 0.717) is 22.2 Å². The number of amides is 1. The van der Waals surface area contributed by atoms with Crippen LogP contribution in [0.1, 0.15) is 21.8 Å². The predicted molar refractivity (Wildman–Crippen MR) is 89.2 cm³/mol. The standard InChI is InChI=1S/C17H13ClFN3O3/c1-10-12(9-24-14-5-3-2-4-13(14)19)16(22-25-10)17(23)21-15-7-6-11(18)8-20-15/h2-8H,9H2,1H3,(H,20,21,23). The number of hydrogen-bond donors (Lipinski definition) is 1. The maximum Gasteiger partial charge on any atom is 0.279 e. The van der Waals surface area contributed by atoms with E-state index in [-0.39, 0.29) is 18.1 Å². The lowest BCUT2D eigenvalue weighted by atomic mass is 10.2. The average molecular weight is 362 g/mol. The van der Waals surface area contributed by atoms with Gasteiger partial charge in [0.1, 0.15) is 18.2 Å². The highest BCUT2D eigenvalue weighted by atomic mass is 35.5. The molecule has 0 aliphatic carbocycles. The minimum Gasteiger partial charge on any atom is -0.486 e. The second-order valence-corrected chi connectivity index (χ2v) is 5.54. The number of carbonyl (C=O) groups excluding carboxylic acids is 1. The summed E-state index contributed by atoms with van der Waals surface area (Å²) in [5.74, 6) is -0.206. The van der Waals surface area contributed by atoms with Crippen LogP contribution >= 0.6 is 11.6 Å². The van der Waals surface area contributed by atoms with Crippen molar-refractivity contribution < 1.29 is 18.4 Å². The second kappa shape index (κ2) is 7.31. The molecule has 0 aliphatic rings.